The molecule has 1 aromatic carbocycles. The van der Waals surface area contributed by atoms with Crippen LogP contribution in [-0.2, 0) is 0 Å². The van der Waals surface area contributed by atoms with Gasteiger partial charge in [-0.2, -0.15) is 0 Å². The molecule has 98 valence electrons. The van der Waals surface area contributed by atoms with Gasteiger partial charge in [-0.3, -0.25) is 0 Å². The minimum atomic E-state index is -1.15. The van der Waals surface area contributed by atoms with Crippen molar-refractivity contribution in [1.82, 2.24) is 4.98 Å². The number of benzene rings is 1. The zero-order valence-corrected chi connectivity index (χ0v) is 11.6. The van der Waals surface area contributed by atoms with Crippen molar-refractivity contribution < 1.29 is 9.90 Å². The quantitative estimate of drug-likeness (QED) is 0.878. The number of carboxylic acid groups (broad SMARTS) is 1. The van der Waals surface area contributed by atoms with Crippen LogP contribution < -0.4 is 5.73 Å². The molecule has 0 atom stereocenters. The van der Waals surface area contributed by atoms with Gasteiger partial charge < -0.3 is 10.8 Å². The maximum atomic E-state index is 11.2. The predicted molar refractivity (Wildman–Crippen MR) is 76.1 cm³/mol. The van der Waals surface area contributed by atoms with E-state index in [1.165, 1.54) is 24.4 Å². The number of aromatic carboxylic acids is 1. The average molecular weight is 318 g/mol. The number of nitrogen functional groups attached to an aromatic ring is 1. The molecule has 0 saturated heterocycles. The molecule has 0 aliphatic carbocycles. The van der Waals surface area contributed by atoms with E-state index in [4.69, 9.17) is 40.5 Å². The van der Waals surface area contributed by atoms with Crippen LogP contribution in [0.2, 0.25) is 15.1 Å². The molecule has 0 amide bonds. The maximum absolute atomic E-state index is 11.2. The zero-order valence-electron chi connectivity index (χ0n) is 9.32. The Kier molecular flexibility index (Phi) is 3.85. The first-order chi connectivity index (χ1) is 8.91. The van der Waals surface area contributed by atoms with Gasteiger partial charge in [-0.05, 0) is 18.2 Å². The summed E-state index contributed by atoms with van der Waals surface area (Å²) in [6.45, 7) is 0. The summed E-state index contributed by atoms with van der Waals surface area (Å²) in [5, 5.41) is 9.95. The smallest absolute Gasteiger partial charge is 0.336 e. The van der Waals surface area contributed by atoms with E-state index < -0.39 is 5.97 Å². The van der Waals surface area contributed by atoms with Gasteiger partial charge in [-0.25, -0.2) is 9.78 Å². The molecule has 2 aromatic rings. The fourth-order valence-corrected chi connectivity index (χ4v) is 2.71. The molecule has 1 aromatic heterocycles. The first kappa shape index (κ1) is 13.9. The Bertz CT molecular complexity index is 651. The topological polar surface area (TPSA) is 76.2 Å². The number of hydrogen-bond donors (Lipinski definition) is 2. The van der Waals surface area contributed by atoms with Gasteiger partial charge in [0, 0.05) is 22.3 Å². The second-order valence-electron chi connectivity index (χ2n) is 3.67. The second-order valence-corrected chi connectivity index (χ2v) is 4.92. The molecule has 4 nitrogen and oxygen atoms in total. The van der Waals surface area contributed by atoms with E-state index in [0.717, 1.165) is 0 Å². The average Bonchev–Trinajstić information content (AvgIpc) is 2.29. The third-order valence-electron chi connectivity index (χ3n) is 2.47. The lowest BCUT2D eigenvalue weighted by Gasteiger charge is -2.12. The van der Waals surface area contributed by atoms with Gasteiger partial charge in [0.05, 0.1) is 15.6 Å². The molecule has 0 saturated carbocycles. The van der Waals surface area contributed by atoms with Crippen molar-refractivity contribution in [2.75, 3.05) is 5.73 Å². The van der Waals surface area contributed by atoms with Crippen molar-refractivity contribution in [2.24, 2.45) is 0 Å². The van der Waals surface area contributed by atoms with Crippen molar-refractivity contribution in [3.63, 3.8) is 0 Å². The molecule has 0 radical (unpaired) electrons. The van der Waals surface area contributed by atoms with E-state index in [1.807, 2.05) is 0 Å². The summed E-state index contributed by atoms with van der Waals surface area (Å²) in [6.07, 6.45) is 1.31. The summed E-state index contributed by atoms with van der Waals surface area (Å²) in [6, 6.07) is 4.25. The lowest BCUT2D eigenvalue weighted by molar-refractivity contribution is 0.0697. The Balaban J connectivity index is 2.83. The highest BCUT2D eigenvalue weighted by Gasteiger charge is 2.20. The fourth-order valence-electron chi connectivity index (χ4n) is 1.70. The molecule has 0 fully saturated rings. The molecule has 0 spiro atoms. The SMILES string of the molecule is Nc1nccc(C(=O)O)c1-c1c(Cl)cc(Cl)cc1Cl. The molecule has 1 heterocycles. The molecule has 0 aliphatic rings. The van der Waals surface area contributed by atoms with E-state index in [9.17, 15) is 9.90 Å². The van der Waals surface area contributed by atoms with Crippen molar-refractivity contribution in [3.8, 4) is 11.1 Å². The Morgan fingerprint density at radius 3 is 2.26 bits per heavy atom. The number of hydrogen-bond acceptors (Lipinski definition) is 3. The summed E-state index contributed by atoms with van der Waals surface area (Å²) in [7, 11) is 0. The predicted octanol–water partition coefficient (Wildman–Crippen LogP) is 3.99. The molecule has 0 bridgehead atoms. The standard InChI is InChI=1S/C12H7Cl3N2O2/c13-5-3-7(14)10(8(15)4-5)9-6(12(18)19)1-2-17-11(9)16/h1-4H,(H2,16,17)(H,18,19). The minimum Gasteiger partial charge on any atom is -0.478 e. The molecule has 3 N–H and O–H groups in total. The third kappa shape index (κ3) is 2.61. The highest BCUT2D eigenvalue weighted by Crippen LogP contribution is 2.40. The Hall–Kier alpha value is -1.49. The van der Waals surface area contributed by atoms with Crippen molar-refractivity contribution >= 4 is 46.6 Å². The monoisotopic (exact) mass is 316 g/mol. The summed E-state index contributed by atoms with van der Waals surface area (Å²) in [4.78, 5) is 15.1. The van der Waals surface area contributed by atoms with Crippen molar-refractivity contribution in [3.05, 3.63) is 45.0 Å². The number of carboxylic acids is 1. The first-order valence-corrected chi connectivity index (χ1v) is 6.18. The first-order valence-electron chi connectivity index (χ1n) is 5.04. The number of carbonyl (C=O) groups is 1. The van der Waals surface area contributed by atoms with Gasteiger partial charge >= 0.3 is 5.97 Å². The highest BCUT2D eigenvalue weighted by molar-refractivity contribution is 6.42. The molecular weight excluding hydrogens is 311 g/mol. The molecule has 2 rings (SSSR count). The molecule has 0 unspecified atom stereocenters. The molecular formula is C12H7Cl3N2O2. The maximum Gasteiger partial charge on any atom is 0.336 e. The van der Waals surface area contributed by atoms with Crippen LogP contribution in [0.5, 0.6) is 0 Å². The van der Waals surface area contributed by atoms with E-state index in [-0.39, 0.29) is 27.0 Å². The number of anilines is 1. The molecule has 7 heteroatoms. The summed E-state index contributed by atoms with van der Waals surface area (Å²) in [5.74, 6) is -1.11. The number of halogens is 3. The van der Waals surface area contributed by atoms with E-state index in [0.29, 0.717) is 10.6 Å². The molecule has 0 aliphatic heterocycles. The Labute approximate surface area is 123 Å². The van der Waals surface area contributed by atoms with Gasteiger partial charge in [0.2, 0.25) is 0 Å². The summed E-state index contributed by atoms with van der Waals surface area (Å²) >= 11 is 18.0. The minimum absolute atomic E-state index is 0.0291. The number of aromatic nitrogens is 1. The van der Waals surface area contributed by atoms with Gasteiger partial charge in [0.15, 0.2) is 0 Å². The van der Waals surface area contributed by atoms with Crippen LogP contribution in [0.15, 0.2) is 24.4 Å². The normalized spacial score (nSPS) is 10.5. The van der Waals surface area contributed by atoms with Crippen LogP contribution >= 0.6 is 34.8 Å². The number of nitrogens with two attached hydrogens (primary N) is 1. The van der Waals surface area contributed by atoms with Gasteiger partial charge in [-0.15, -0.1) is 0 Å². The van der Waals surface area contributed by atoms with Crippen LogP contribution in [-0.4, -0.2) is 16.1 Å². The van der Waals surface area contributed by atoms with E-state index in [1.54, 1.807) is 0 Å². The van der Waals surface area contributed by atoms with Crippen molar-refractivity contribution in [2.45, 2.75) is 0 Å². The lowest BCUT2D eigenvalue weighted by atomic mass is 10.0. The Morgan fingerprint density at radius 1 is 1.16 bits per heavy atom. The third-order valence-corrected chi connectivity index (χ3v) is 3.28. The number of pyridine rings is 1. The summed E-state index contributed by atoms with van der Waals surface area (Å²) < 4.78 is 0. The second kappa shape index (κ2) is 5.25. The van der Waals surface area contributed by atoms with Gasteiger partial charge in [0.1, 0.15) is 5.82 Å². The van der Waals surface area contributed by atoms with Crippen LogP contribution in [0.1, 0.15) is 10.4 Å². The van der Waals surface area contributed by atoms with Crippen LogP contribution in [0.3, 0.4) is 0 Å². The highest BCUT2D eigenvalue weighted by atomic mass is 35.5. The van der Waals surface area contributed by atoms with Crippen LogP contribution in [0.4, 0.5) is 5.82 Å². The molecule has 19 heavy (non-hydrogen) atoms. The lowest BCUT2D eigenvalue weighted by Crippen LogP contribution is -2.05. The zero-order chi connectivity index (χ0) is 14.2. The fraction of sp³-hybridized carbons (Fsp3) is 0. The van der Waals surface area contributed by atoms with Gasteiger partial charge in [0.25, 0.3) is 0 Å². The van der Waals surface area contributed by atoms with Gasteiger partial charge in [-0.1, -0.05) is 34.8 Å². The largest absolute Gasteiger partial charge is 0.478 e. The Morgan fingerprint density at radius 2 is 1.74 bits per heavy atom. The number of rotatable bonds is 2. The number of nitrogens with zero attached hydrogens (tertiary/aromatic N) is 1. The van der Waals surface area contributed by atoms with Crippen LogP contribution in [0.25, 0.3) is 11.1 Å². The van der Waals surface area contributed by atoms with Crippen LogP contribution in [0, 0.1) is 0 Å². The van der Waals surface area contributed by atoms with E-state index >= 15 is 0 Å². The van der Waals surface area contributed by atoms with Crippen molar-refractivity contribution in [1.29, 1.82) is 0 Å². The van der Waals surface area contributed by atoms with E-state index in [2.05, 4.69) is 4.98 Å². The summed E-state index contributed by atoms with van der Waals surface area (Å²) in [5.41, 5.74) is 6.20.